The molecule has 0 unspecified atom stereocenters. The number of ether oxygens (including phenoxy) is 1. The number of nitrogens with one attached hydrogen (secondary N) is 1. The number of nitrogens with zero attached hydrogens (tertiary/aromatic N) is 1. The number of hydrogen-bond donors (Lipinski definition) is 1. The summed E-state index contributed by atoms with van der Waals surface area (Å²) in [6, 6.07) is 2.82. The molecule has 0 bridgehead atoms. The first kappa shape index (κ1) is 21.0. The average molecular weight is 423 g/mol. The van der Waals surface area contributed by atoms with Crippen LogP contribution >= 0.6 is 22.9 Å². The standard InChI is InChI=1S/C16H23ClN2O5S2/c1-15(2,3)24-14(21)19-9-7-16(4,8-10-19)13(20)18-26(22,23)12-6-5-11(17)25-12/h5-6H,7-10H2,1-4H3,(H,18,20). The normalized spacial score (nSPS) is 17.7. The number of thiophene rings is 1. The molecule has 146 valence electrons. The van der Waals surface area contributed by atoms with Crippen LogP contribution in [0.1, 0.15) is 40.5 Å². The third-order valence-electron chi connectivity index (χ3n) is 4.11. The molecule has 0 saturated carbocycles. The number of rotatable bonds is 3. The lowest BCUT2D eigenvalue weighted by molar-refractivity contribution is -0.130. The Morgan fingerprint density at radius 1 is 1.27 bits per heavy atom. The first-order valence-electron chi connectivity index (χ1n) is 8.13. The predicted octanol–water partition coefficient (Wildman–Crippen LogP) is 3.24. The summed E-state index contributed by atoms with van der Waals surface area (Å²) in [6.45, 7) is 7.70. The van der Waals surface area contributed by atoms with Gasteiger partial charge in [0.1, 0.15) is 9.81 Å². The van der Waals surface area contributed by atoms with Crippen molar-refractivity contribution in [3.63, 3.8) is 0 Å². The van der Waals surface area contributed by atoms with Gasteiger partial charge in [0, 0.05) is 13.1 Å². The summed E-state index contributed by atoms with van der Waals surface area (Å²) in [4.78, 5) is 26.2. The van der Waals surface area contributed by atoms with Gasteiger partial charge in [-0.2, -0.15) is 0 Å². The number of piperidine rings is 1. The van der Waals surface area contributed by atoms with Crippen molar-refractivity contribution in [1.29, 1.82) is 0 Å². The van der Waals surface area contributed by atoms with Crippen LogP contribution in [0.15, 0.2) is 16.3 Å². The van der Waals surface area contributed by atoms with Gasteiger partial charge in [0.25, 0.3) is 10.0 Å². The lowest BCUT2D eigenvalue weighted by Crippen LogP contribution is -2.50. The second-order valence-electron chi connectivity index (χ2n) is 7.52. The average Bonchev–Trinajstić information content (AvgIpc) is 2.93. The van der Waals surface area contributed by atoms with Crippen molar-refractivity contribution in [3.05, 3.63) is 16.5 Å². The molecular formula is C16H23ClN2O5S2. The smallest absolute Gasteiger partial charge is 0.410 e. The zero-order valence-electron chi connectivity index (χ0n) is 15.2. The number of likely N-dealkylation sites (tertiary alicyclic amines) is 1. The van der Waals surface area contributed by atoms with Crippen LogP contribution in [0.5, 0.6) is 0 Å². The highest BCUT2D eigenvalue weighted by Gasteiger charge is 2.40. The van der Waals surface area contributed by atoms with Crippen LogP contribution < -0.4 is 4.72 Å². The number of sulfonamides is 1. The van der Waals surface area contributed by atoms with Gasteiger partial charge in [-0.1, -0.05) is 18.5 Å². The van der Waals surface area contributed by atoms with Gasteiger partial charge in [0.2, 0.25) is 5.91 Å². The first-order chi connectivity index (χ1) is 11.8. The molecular weight excluding hydrogens is 400 g/mol. The Hall–Kier alpha value is -1.32. The Morgan fingerprint density at radius 3 is 2.31 bits per heavy atom. The monoisotopic (exact) mass is 422 g/mol. The number of carbonyl (C=O) groups excluding carboxylic acids is 2. The highest BCUT2D eigenvalue weighted by Crippen LogP contribution is 2.33. The van der Waals surface area contributed by atoms with E-state index in [0.717, 1.165) is 11.3 Å². The van der Waals surface area contributed by atoms with E-state index in [1.165, 1.54) is 17.0 Å². The number of amides is 2. The van der Waals surface area contributed by atoms with E-state index in [2.05, 4.69) is 4.72 Å². The number of carbonyl (C=O) groups is 2. The molecule has 1 aliphatic heterocycles. The number of halogens is 1. The second-order valence-corrected chi connectivity index (χ2v) is 11.1. The van der Waals surface area contributed by atoms with E-state index in [9.17, 15) is 18.0 Å². The molecule has 2 amide bonds. The Bertz CT molecular complexity index is 790. The van der Waals surface area contributed by atoms with Crippen molar-refractivity contribution in [2.45, 2.75) is 50.3 Å². The van der Waals surface area contributed by atoms with Crippen LogP contribution in [0.25, 0.3) is 0 Å². The van der Waals surface area contributed by atoms with Crippen molar-refractivity contribution in [1.82, 2.24) is 9.62 Å². The zero-order valence-corrected chi connectivity index (χ0v) is 17.6. The van der Waals surface area contributed by atoms with Crippen molar-refractivity contribution in [2.75, 3.05) is 13.1 Å². The lowest BCUT2D eigenvalue weighted by atomic mass is 9.80. The van der Waals surface area contributed by atoms with Crippen molar-refractivity contribution < 1.29 is 22.7 Å². The molecule has 0 spiro atoms. The molecule has 0 aliphatic carbocycles. The summed E-state index contributed by atoms with van der Waals surface area (Å²) in [5, 5.41) is 0. The molecule has 1 aliphatic rings. The van der Waals surface area contributed by atoms with E-state index >= 15 is 0 Å². The summed E-state index contributed by atoms with van der Waals surface area (Å²) >= 11 is 6.65. The van der Waals surface area contributed by atoms with Crippen molar-refractivity contribution in [2.24, 2.45) is 5.41 Å². The van der Waals surface area contributed by atoms with Crippen LogP contribution in [0.4, 0.5) is 4.79 Å². The minimum atomic E-state index is -3.95. The molecule has 1 N–H and O–H groups in total. The molecule has 2 heterocycles. The first-order valence-corrected chi connectivity index (χ1v) is 10.8. The van der Waals surface area contributed by atoms with Crippen LogP contribution in [0, 0.1) is 5.41 Å². The molecule has 0 atom stereocenters. The van der Waals surface area contributed by atoms with Crippen LogP contribution in [-0.4, -0.2) is 44.0 Å². The van der Waals surface area contributed by atoms with Gasteiger partial charge in [0.05, 0.1) is 9.75 Å². The van der Waals surface area contributed by atoms with E-state index in [4.69, 9.17) is 16.3 Å². The zero-order chi connectivity index (χ0) is 19.8. The Morgan fingerprint density at radius 2 is 1.85 bits per heavy atom. The van der Waals surface area contributed by atoms with Gasteiger partial charge in [-0.05, 0) is 45.7 Å². The quantitative estimate of drug-likeness (QED) is 0.807. The summed E-state index contributed by atoms with van der Waals surface area (Å²) in [5.41, 5.74) is -1.47. The van der Waals surface area contributed by atoms with E-state index in [1.54, 1.807) is 27.7 Å². The molecule has 7 nitrogen and oxygen atoms in total. The highest BCUT2D eigenvalue weighted by atomic mass is 35.5. The molecule has 1 aromatic heterocycles. The van der Waals surface area contributed by atoms with Crippen LogP contribution in [0.2, 0.25) is 4.34 Å². The minimum absolute atomic E-state index is 0.00867. The summed E-state index contributed by atoms with van der Waals surface area (Å²) in [6.07, 6.45) is 0.262. The SMILES string of the molecule is CC(C)(C)OC(=O)N1CCC(C)(C(=O)NS(=O)(=O)c2ccc(Cl)s2)CC1. The van der Waals surface area contributed by atoms with Gasteiger partial charge < -0.3 is 9.64 Å². The Balaban J connectivity index is 1.99. The van der Waals surface area contributed by atoms with E-state index in [1.807, 2.05) is 0 Å². The maximum Gasteiger partial charge on any atom is 0.410 e. The fourth-order valence-electron chi connectivity index (χ4n) is 2.47. The Kier molecular flexibility index (Phi) is 5.94. The van der Waals surface area contributed by atoms with Gasteiger partial charge in [0.15, 0.2) is 0 Å². The topological polar surface area (TPSA) is 92.8 Å². The minimum Gasteiger partial charge on any atom is -0.444 e. The van der Waals surface area contributed by atoms with E-state index < -0.39 is 33.0 Å². The van der Waals surface area contributed by atoms with E-state index in [0.29, 0.717) is 30.3 Å². The molecule has 0 aromatic carbocycles. The highest BCUT2D eigenvalue weighted by molar-refractivity contribution is 7.92. The molecule has 0 radical (unpaired) electrons. The predicted molar refractivity (Wildman–Crippen MR) is 99.8 cm³/mol. The fourth-order valence-corrected chi connectivity index (χ4v) is 5.06. The summed E-state index contributed by atoms with van der Waals surface area (Å²) in [5.74, 6) is -0.578. The maximum atomic E-state index is 12.6. The summed E-state index contributed by atoms with van der Waals surface area (Å²) < 4.78 is 32.4. The maximum absolute atomic E-state index is 12.6. The van der Waals surface area contributed by atoms with Crippen LogP contribution in [-0.2, 0) is 19.6 Å². The van der Waals surface area contributed by atoms with Crippen LogP contribution in [0.3, 0.4) is 0 Å². The molecule has 26 heavy (non-hydrogen) atoms. The van der Waals surface area contributed by atoms with Gasteiger partial charge in [-0.25, -0.2) is 17.9 Å². The lowest BCUT2D eigenvalue weighted by Gasteiger charge is -2.38. The fraction of sp³-hybridized carbons (Fsp3) is 0.625. The van der Waals surface area contributed by atoms with E-state index in [-0.39, 0.29) is 4.21 Å². The number of hydrogen-bond acceptors (Lipinski definition) is 6. The molecule has 1 aromatic rings. The second kappa shape index (κ2) is 7.36. The van der Waals surface area contributed by atoms with Gasteiger partial charge in [-0.15, -0.1) is 11.3 Å². The van der Waals surface area contributed by atoms with Gasteiger partial charge >= 0.3 is 6.09 Å². The third kappa shape index (κ3) is 5.11. The third-order valence-corrected chi connectivity index (χ3v) is 7.16. The molecule has 1 saturated heterocycles. The Labute approximate surface area is 162 Å². The largest absolute Gasteiger partial charge is 0.444 e. The molecule has 2 rings (SSSR count). The molecule has 10 heteroatoms. The molecule has 1 fully saturated rings. The van der Waals surface area contributed by atoms with Gasteiger partial charge in [-0.3, -0.25) is 4.79 Å². The van der Waals surface area contributed by atoms with Crippen molar-refractivity contribution >= 4 is 45.0 Å². The van der Waals surface area contributed by atoms with Crippen molar-refractivity contribution in [3.8, 4) is 0 Å². The summed E-state index contributed by atoms with van der Waals surface area (Å²) in [7, 11) is -3.95.